The van der Waals surface area contributed by atoms with Crippen LogP contribution in [0.4, 0.5) is 0 Å². The van der Waals surface area contributed by atoms with Gasteiger partial charge >= 0.3 is 5.97 Å². The van der Waals surface area contributed by atoms with Crippen LogP contribution in [-0.4, -0.2) is 29.1 Å². The third kappa shape index (κ3) is 2.51. The molecule has 0 atom stereocenters. The number of thiazole rings is 1. The molecule has 0 radical (unpaired) electrons. The highest BCUT2D eigenvalue weighted by Gasteiger charge is 2.15. The zero-order valence-electron chi connectivity index (χ0n) is 7.31. The predicted octanol–water partition coefficient (Wildman–Crippen LogP) is 0.0614. The quantitative estimate of drug-likeness (QED) is 0.695. The van der Waals surface area contributed by atoms with Crippen LogP contribution in [-0.2, 0) is 16.1 Å². The van der Waals surface area contributed by atoms with Gasteiger partial charge < -0.3 is 5.11 Å². The maximum Gasteiger partial charge on any atom is 0.347 e. The monoisotopic (exact) mass is 216 g/mol. The fraction of sp³-hybridized carbons (Fsp3) is 0.286. The Morgan fingerprint density at radius 3 is 3.00 bits per heavy atom. The molecule has 0 aliphatic rings. The van der Waals surface area contributed by atoms with Crippen LogP contribution in [0.25, 0.3) is 0 Å². The number of carboxylic acids is 1. The van der Waals surface area contributed by atoms with Crippen molar-refractivity contribution in [3.63, 3.8) is 0 Å². The molecule has 0 spiro atoms. The second kappa shape index (κ2) is 4.68. The summed E-state index contributed by atoms with van der Waals surface area (Å²) in [7, 11) is 1.30. The van der Waals surface area contributed by atoms with Gasteiger partial charge in [0.1, 0.15) is 4.88 Å². The molecule has 1 aromatic rings. The lowest BCUT2D eigenvalue weighted by molar-refractivity contribution is -0.130. The van der Waals surface area contributed by atoms with Crippen molar-refractivity contribution < 1.29 is 19.5 Å². The van der Waals surface area contributed by atoms with Crippen molar-refractivity contribution in [3.8, 4) is 0 Å². The molecular formula is C7H8N2O4S. The molecule has 14 heavy (non-hydrogen) atoms. The number of carboxylic acid groups (broad SMARTS) is 1. The smallest absolute Gasteiger partial charge is 0.347 e. The molecule has 1 aromatic heterocycles. The van der Waals surface area contributed by atoms with Crippen molar-refractivity contribution in [2.75, 3.05) is 7.11 Å². The van der Waals surface area contributed by atoms with Gasteiger partial charge in [-0.3, -0.25) is 9.63 Å². The zero-order valence-corrected chi connectivity index (χ0v) is 8.13. The third-order valence-electron chi connectivity index (χ3n) is 1.38. The van der Waals surface area contributed by atoms with Crippen molar-refractivity contribution in [1.82, 2.24) is 10.5 Å². The van der Waals surface area contributed by atoms with Crippen molar-refractivity contribution in [2.24, 2.45) is 0 Å². The molecular weight excluding hydrogens is 208 g/mol. The van der Waals surface area contributed by atoms with E-state index in [4.69, 9.17) is 5.11 Å². The van der Waals surface area contributed by atoms with Gasteiger partial charge in [-0.05, 0) is 0 Å². The van der Waals surface area contributed by atoms with E-state index in [-0.39, 0.29) is 17.0 Å². The molecule has 1 rings (SSSR count). The van der Waals surface area contributed by atoms with Crippen molar-refractivity contribution in [2.45, 2.75) is 6.42 Å². The third-order valence-corrected chi connectivity index (χ3v) is 2.24. The standard InChI is InChI=1S/C7H8N2O4S/c1-13-9-5(10)2-4-6(7(11)12)14-3-8-4/h3H,2H2,1H3,(H,9,10)(H,11,12). The lowest BCUT2D eigenvalue weighted by Gasteiger charge is -1.99. The fourth-order valence-corrected chi connectivity index (χ4v) is 1.52. The molecule has 1 amide bonds. The molecule has 0 aliphatic carbocycles. The van der Waals surface area contributed by atoms with Crippen LogP contribution in [0.2, 0.25) is 0 Å². The Morgan fingerprint density at radius 1 is 1.71 bits per heavy atom. The summed E-state index contributed by atoms with van der Waals surface area (Å²) in [6, 6.07) is 0. The van der Waals surface area contributed by atoms with E-state index in [2.05, 4.69) is 15.3 Å². The Morgan fingerprint density at radius 2 is 2.43 bits per heavy atom. The van der Waals surface area contributed by atoms with Gasteiger partial charge in [0.05, 0.1) is 24.7 Å². The molecule has 0 fully saturated rings. The molecule has 0 aliphatic heterocycles. The molecule has 76 valence electrons. The molecule has 0 saturated carbocycles. The minimum atomic E-state index is -1.08. The number of aromatic nitrogens is 1. The zero-order chi connectivity index (χ0) is 10.6. The Bertz CT molecular complexity index is 349. The number of nitrogens with zero attached hydrogens (tertiary/aromatic N) is 1. The van der Waals surface area contributed by atoms with Crippen LogP contribution in [0.1, 0.15) is 15.4 Å². The van der Waals surface area contributed by atoms with E-state index in [1.807, 2.05) is 0 Å². The van der Waals surface area contributed by atoms with E-state index in [0.717, 1.165) is 11.3 Å². The van der Waals surface area contributed by atoms with E-state index >= 15 is 0 Å². The Hall–Kier alpha value is -1.47. The summed E-state index contributed by atoms with van der Waals surface area (Å²) in [5.74, 6) is -1.51. The van der Waals surface area contributed by atoms with Crippen molar-refractivity contribution >= 4 is 23.2 Å². The molecule has 0 saturated heterocycles. The van der Waals surface area contributed by atoms with E-state index < -0.39 is 11.9 Å². The Kier molecular flexibility index (Phi) is 3.55. The number of amides is 1. The topological polar surface area (TPSA) is 88.5 Å². The number of rotatable bonds is 4. The average molecular weight is 216 g/mol. The highest BCUT2D eigenvalue weighted by molar-refractivity contribution is 7.11. The molecule has 7 heteroatoms. The first-order valence-corrected chi connectivity index (χ1v) is 4.50. The first kappa shape index (κ1) is 10.6. The summed E-state index contributed by atoms with van der Waals surface area (Å²) < 4.78 is 0. The second-order valence-electron chi connectivity index (χ2n) is 2.34. The maximum absolute atomic E-state index is 11.0. The highest BCUT2D eigenvalue weighted by Crippen LogP contribution is 2.13. The summed E-state index contributed by atoms with van der Waals surface area (Å²) in [6.45, 7) is 0. The second-order valence-corrected chi connectivity index (χ2v) is 3.19. The minimum absolute atomic E-state index is 0.0799. The van der Waals surface area contributed by atoms with Crippen LogP contribution < -0.4 is 5.48 Å². The molecule has 1 heterocycles. The average Bonchev–Trinajstić information content (AvgIpc) is 2.52. The predicted molar refractivity (Wildman–Crippen MR) is 47.9 cm³/mol. The molecule has 6 nitrogen and oxygen atoms in total. The lowest BCUT2D eigenvalue weighted by Crippen LogP contribution is -2.24. The summed E-state index contributed by atoms with van der Waals surface area (Å²) in [6.07, 6.45) is -0.0982. The van der Waals surface area contributed by atoms with Crippen LogP contribution in [0.5, 0.6) is 0 Å². The summed E-state index contributed by atoms with van der Waals surface area (Å²) >= 11 is 0.986. The number of hydroxylamine groups is 1. The first-order valence-electron chi connectivity index (χ1n) is 3.62. The van der Waals surface area contributed by atoms with E-state index in [9.17, 15) is 9.59 Å². The van der Waals surface area contributed by atoms with Gasteiger partial charge in [-0.25, -0.2) is 15.3 Å². The number of carbonyl (C=O) groups is 2. The van der Waals surface area contributed by atoms with E-state index in [1.165, 1.54) is 12.6 Å². The van der Waals surface area contributed by atoms with Crippen LogP contribution in [0.3, 0.4) is 0 Å². The molecule has 2 N–H and O–H groups in total. The molecule has 0 aromatic carbocycles. The van der Waals surface area contributed by atoms with Crippen LogP contribution in [0.15, 0.2) is 5.51 Å². The van der Waals surface area contributed by atoms with Crippen LogP contribution >= 0.6 is 11.3 Å². The largest absolute Gasteiger partial charge is 0.477 e. The summed E-state index contributed by atoms with van der Waals surface area (Å²) in [5.41, 5.74) is 3.72. The summed E-state index contributed by atoms with van der Waals surface area (Å²) in [5, 5.41) is 8.70. The van der Waals surface area contributed by atoms with Crippen molar-refractivity contribution in [3.05, 3.63) is 16.1 Å². The Labute approximate surface area is 83.5 Å². The number of nitrogens with one attached hydrogen (secondary N) is 1. The SMILES string of the molecule is CONC(=O)Cc1ncsc1C(=O)O. The normalized spacial score (nSPS) is 9.79. The van der Waals surface area contributed by atoms with E-state index in [0.29, 0.717) is 0 Å². The lowest BCUT2D eigenvalue weighted by atomic mass is 10.2. The number of hydrogen-bond acceptors (Lipinski definition) is 5. The maximum atomic E-state index is 11.0. The molecule has 0 bridgehead atoms. The molecule has 0 unspecified atom stereocenters. The minimum Gasteiger partial charge on any atom is -0.477 e. The van der Waals surface area contributed by atoms with Gasteiger partial charge in [-0.2, -0.15) is 0 Å². The van der Waals surface area contributed by atoms with E-state index in [1.54, 1.807) is 0 Å². The number of hydrogen-bond donors (Lipinski definition) is 2. The number of carbonyl (C=O) groups excluding carboxylic acids is 1. The van der Waals surface area contributed by atoms with Crippen LogP contribution in [0, 0.1) is 0 Å². The van der Waals surface area contributed by atoms with Crippen molar-refractivity contribution in [1.29, 1.82) is 0 Å². The van der Waals surface area contributed by atoms with Gasteiger partial charge in [0.2, 0.25) is 5.91 Å². The highest BCUT2D eigenvalue weighted by atomic mass is 32.1. The van der Waals surface area contributed by atoms with Gasteiger partial charge in [0.25, 0.3) is 0 Å². The summed E-state index contributed by atoms with van der Waals surface area (Å²) in [4.78, 5) is 29.9. The van der Waals surface area contributed by atoms with Gasteiger partial charge in [-0.1, -0.05) is 0 Å². The fourth-order valence-electron chi connectivity index (χ4n) is 0.871. The van der Waals surface area contributed by atoms with Gasteiger partial charge in [0.15, 0.2) is 0 Å². The van der Waals surface area contributed by atoms with Gasteiger partial charge in [0, 0.05) is 0 Å². The van der Waals surface area contributed by atoms with Gasteiger partial charge in [-0.15, -0.1) is 11.3 Å². The first-order chi connectivity index (χ1) is 6.65. The Balaban J connectivity index is 2.71. The number of aromatic carboxylic acids is 1.